The molecule has 0 fully saturated rings. The number of benzene rings is 1. The fourth-order valence-corrected chi connectivity index (χ4v) is 2.03. The zero-order chi connectivity index (χ0) is 17.7. The highest BCUT2D eigenvalue weighted by Gasteiger charge is 2.14. The first-order valence-electron chi connectivity index (χ1n) is 7.76. The first-order chi connectivity index (χ1) is 11.2. The Balaban J connectivity index is 2.10. The molecule has 0 aliphatic heterocycles. The standard InChI is InChI=1S/C17H24N4O3/c1-17(2,3)19-9-12(22)10-24-15-8-11(18)4-5-13(15)14-6-7-16(23)21-20-14/h4-8,12,19,22H,9-10,18H2,1-3H3,(H,21,23). The Morgan fingerprint density at radius 2 is 2.08 bits per heavy atom. The van der Waals surface area contributed by atoms with Gasteiger partial charge in [-0.2, -0.15) is 5.10 Å². The minimum absolute atomic E-state index is 0.0802. The van der Waals surface area contributed by atoms with E-state index >= 15 is 0 Å². The van der Waals surface area contributed by atoms with Gasteiger partial charge in [0, 0.05) is 35.5 Å². The maximum absolute atomic E-state index is 11.2. The molecule has 1 aromatic heterocycles. The van der Waals surface area contributed by atoms with Gasteiger partial charge in [0.05, 0.1) is 5.69 Å². The highest BCUT2D eigenvalue weighted by molar-refractivity contribution is 5.69. The van der Waals surface area contributed by atoms with Crippen LogP contribution in [0, 0.1) is 0 Å². The summed E-state index contributed by atoms with van der Waals surface area (Å²) in [6, 6.07) is 8.17. The number of aromatic amines is 1. The second kappa shape index (κ2) is 7.46. The third kappa shape index (κ3) is 5.36. The number of nitrogens with two attached hydrogens (primary N) is 1. The Kier molecular flexibility index (Phi) is 5.58. The molecule has 7 heteroatoms. The number of nitrogen functional groups attached to an aromatic ring is 1. The second-order valence-corrected chi connectivity index (χ2v) is 6.66. The van der Waals surface area contributed by atoms with E-state index in [2.05, 4.69) is 15.5 Å². The van der Waals surface area contributed by atoms with Crippen LogP contribution in [0.1, 0.15) is 20.8 Å². The van der Waals surface area contributed by atoms with Gasteiger partial charge in [0.1, 0.15) is 18.5 Å². The van der Waals surface area contributed by atoms with Gasteiger partial charge in [-0.1, -0.05) is 0 Å². The number of anilines is 1. The molecule has 1 aromatic carbocycles. The van der Waals surface area contributed by atoms with E-state index in [1.165, 1.54) is 6.07 Å². The van der Waals surface area contributed by atoms with Gasteiger partial charge < -0.3 is 20.9 Å². The van der Waals surface area contributed by atoms with Crippen LogP contribution in [0.25, 0.3) is 11.3 Å². The van der Waals surface area contributed by atoms with E-state index in [9.17, 15) is 9.90 Å². The van der Waals surface area contributed by atoms with E-state index in [0.717, 1.165) is 0 Å². The summed E-state index contributed by atoms with van der Waals surface area (Å²) in [6.07, 6.45) is -0.665. The number of nitrogens with one attached hydrogen (secondary N) is 2. The molecule has 2 rings (SSSR count). The maximum Gasteiger partial charge on any atom is 0.264 e. The van der Waals surface area contributed by atoms with Crippen molar-refractivity contribution in [3.05, 3.63) is 40.7 Å². The van der Waals surface area contributed by atoms with Crippen molar-refractivity contribution in [2.75, 3.05) is 18.9 Å². The predicted octanol–water partition coefficient (Wildman–Crippen LogP) is 1.15. The van der Waals surface area contributed by atoms with Crippen molar-refractivity contribution in [3.8, 4) is 17.0 Å². The lowest BCUT2D eigenvalue weighted by atomic mass is 10.1. The molecule has 0 radical (unpaired) electrons. The average molecular weight is 332 g/mol. The minimum Gasteiger partial charge on any atom is -0.490 e. The van der Waals surface area contributed by atoms with Crippen LogP contribution in [0.4, 0.5) is 5.69 Å². The molecule has 7 nitrogen and oxygen atoms in total. The van der Waals surface area contributed by atoms with E-state index in [4.69, 9.17) is 10.5 Å². The summed E-state index contributed by atoms with van der Waals surface area (Å²) in [6.45, 7) is 6.61. The van der Waals surface area contributed by atoms with Crippen LogP contribution < -0.4 is 21.3 Å². The number of aromatic nitrogens is 2. The van der Waals surface area contributed by atoms with Gasteiger partial charge in [0.2, 0.25) is 0 Å². The van der Waals surface area contributed by atoms with Crippen LogP contribution in [0.3, 0.4) is 0 Å². The summed E-state index contributed by atoms with van der Waals surface area (Å²) in [4.78, 5) is 11.2. The highest BCUT2D eigenvalue weighted by Crippen LogP contribution is 2.30. The Hall–Kier alpha value is -2.38. The van der Waals surface area contributed by atoms with Crippen molar-refractivity contribution in [1.82, 2.24) is 15.5 Å². The van der Waals surface area contributed by atoms with Crippen molar-refractivity contribution in [2.45, 2.75) is 32.4 Å². The van der Waals surface area contributed by atoms with Gasteiger partial charge in [-0.15, -0.1) is 0 Å². The molecule has 2 aromatic rings. The summed E-state index contributed by atoms with van der Waals surface area (Å²) >= 11 is 0. The molecule has 0 spiro atoms. The molecule has 0 aliphatic rings. The topological polar surface area (TPSA) is 113 Å². The first kappa shape index (κ1) is 18.0. The fraction of sp³-hybridized carbons (Fsp3) is 0.412. The van der Waals surface area contributed by atoms with Crippen molar-refractivity contribution in [1.29, 1.82) is 0 Å². The molecular formula is C17H24N4O3. The Bertz CT molecular complexity index is 717. The number of β-amino-alcohol motifs (C(OH)–C–C–N with tert-alkyl or cyclic N) is 1. The van der Waals surface area contributed by atoms with Crippen LogP contribution in [0.15, 0.2) is 35.1 Å². The van der Waals surface area contributed by atoms with Gasteiger partial charge >= 0.3 is 0 Å². The van der Waals surface area contributed by atoms with Crippen LogP contribution in [0.2, 0.25) is 0 Å². The molecule has 1 heterocycles. The van der Waals surface area contributed by atoms with Gasteiger partial charge in [0.25, 0.3) is 5.56 Å². The lowest BCUT2D eigenvalue weighted by Crippen LogP contribution is -2.42. The summed E-state index contributed by atoms with van der Waals surface area (Å²) < 4.78 is 5.73. The number of ether oxygens (including phenoxy) is 1. The molecule has 0 saturated carbocycles. The number of aliphatic hydroxyl groups excluding tert-OH is 1. The van der Waals surface area contributed by atoms with Gasteiger partial charge in [-0.25, -0.2) is 5.10 Å². The van der Waals surface area contributed by atoms with Crippen molar-refractivity contribution in [3.63, 3.8) is 0 Å². The molecule has 0 amide bonds. The smallest absolute Gasteiger partial charge is 0.264 e. The van der Waals surface area contributed by atoms with Crippen molar-refractivity contribution in [2.24, 2.45) is 0 Å². The zero-order valence-electron chi connectivity index (χ0n) is 14.2. The number of H-pyrrole nitrogens is 1. The lowest BCUT2D eigenvalue weighted by Gasteiger charge is -2.23. The van der Waals surface area contributed by atoms with Gasteiger partial charge in [-0.3, -0.25) is 4.79 Å². The van der Waals surface area contributed by atoms with E-state index in [1.807, 2.05) is 20.8 Å². The fourth-order valence-electron chi connectivity index (χ4n) is 2.03. The summed E-state index contributed by atoms with van der Waals surface area (Å²) in [5.74, 6) is 0.504. The number of aliphatic hydroxyl groups is 1. The van der Waals surface area contributed by atoms with Crippen LogP contribution in [-0.4, -0.2) is 40.1 Å². The molecule has 0 aliphatic carbocycles. The molecular weight excluding hydrogens is 308 g/mol. The molecule has 0 bridgehead atoms. The largest absolute Gasteiger partial charge is 0.490 e. The van der Waals surface area contributed by atoms with Crippen LogP contribution in [-0.2, 0) is 0 Å². The van der Waals surface area contributed by atoms with Gasteiger partial charge in [-0.05, 0) is 39.0 Å². The van der Waals surface area contributed by atoms with Crippen LogP contribution in [0.5, 0.6) is 5.75 Å². The van der Waals surface area contributed by atoms with E-state index in [0.29, 0.717) is 29.2 Å². The minimum atomic E-state index is -0.665. The Morgan fingerprint density at radius 1 is 1.33 bits per heavy atom. The van der Waals surface area contributed by atoms with Crippen molar-refractivity contribution >= 4 is 5.69 Å². The monoisotopic (exact) mass is 332 g/mol. The second-order valence-electron chi connectivity index (χ2n) is 6.66. The summed E-state index contributed by atoms with van der Waals surface area (Å²) in [5.41, 5.74) is 7.26. The predicted molar refractivity (Wildman–Crippen MR) is 94.0 cm³/mol. The maximum atomic E-state index is 11.2. The van der Waals surface area contributed by atoms with E-state index in [-0.39, 0.29) is 17.7 Å². The number of nitrogens with zero attached hydrogens (tertiary/aromatic N) is 1. The zero-order valence-corrected chi connectivity index (χ0v) is 14.2. The third-order valence-electron chi connectivity index (χ3n) is 3.26. The molecule has 24 heavy (non-hydrogen) atoms. The Labute approximate surface area is 140 Å². The van der Waals surface area contributed by atoms with Gasteiger partial charge in [0.15, 0.2) is 0 Å². The normalized spacial score (nSPS) is 12.8. The van der Waals surface area contributed by atoms with E-state index in [1.54, 1.807) is 24.3 Å². The molecule has 1 atom stereocenters. The molecule has 0 saturated heterocycles. The summed E-state index contributed by atoms with van der Waals surface area (Å²) in [5, 5.41) is 19.7. The highest BCUT2D eigenvalue weighted by atomic mass is 16.5. The third-order valence-corrected chi connectivity index (χ3v) is 3.26. The first-order valence-corrected chi connectivity index (χ1v) is 7.76. The van der Waals surface area contributed by atoms with Crippen LogP contribution >= 0.6 is 0 Å². The summed E-state index contributed by atoms with van der Waals surface area (Å²) in [7, 11) is 0. The lowest BCUT2D eigenvalue weighted by molar-refractivity contribution is 0.100. The number of hydrogen-bond acceptors (Lipinski definition) is 6. The SMILES string of the molecule is CC(C)(C)NCC(O)COc1cc(N)ccc1-c1ccc(=O)[nH]n1. The average Bonchev–Trinajstić information content (AvgIpc) is 2.51. The number of hydrogen-bond donors (Lipinski definition) is 4. The van der Waals surface area contributed by atoms with E-state index < -0.39 is 6.10 Å². The molecule has 1 unspecified atom stereocenters. The molecule has 130 valence electrons. The quantitative estimate of drug-likeness (QED) is 0.590. The van der Waals surface area contributed by atoms with Crippen molar-refractivity contribution < 1.29 is 9.84 Å². The number of rotatable bonds is 6. The molecule has 5 N–H and O–H groups in total. The Morgan fingerprint density at radius 3 is 2.71 bits per heavy atom.